The quantitative estimate of drug-likeness (QED) is 0.539. The summed E-state index contributed by atoms with van der Waals surface area (Å²) in [7, 11) is 2.18. The van der Waals surface area contributed by atoms with Crippen LogP contribution in [0.1, 0.15) is 37.8 Å². The van der Waals surface area contributed by atoms with Crippen molar-refractivity contribution in [3.8, 4) is 0 Å². The molecule has 0 amide bonds. The van der Waals surface area contributed by atoms with E-state index in [1.54, 1.807) is 0 Å². The minimum Gasteiger partial charge on any atom is -0.310 e. The maximum Gasteiger partial charge on any atom is 0.0230 e. The normalized spacial score (nSPS) is 11.2. The lowest BCUT2D eigenvalue weighted by Gasteiger charge is -2.16. The summed E-state index contributed by atoms with van der Waals surface area (Å²) in [4.78, 5) is 2.37. The van der Waals surface area contributed by atoms with Gasteiger partial charge in [0.2, 0.25) is 0 Å². The Bertz CT molecular complexity index is 354. The first kappa shape index (κ1) is 15.9. The number of hydrogen-bond acceptors (Lipinski definition) is 2. The zero-order valence-electron chi connectivity index (χ0n) is 12.7. The summed E-state index contributed by atoms with van der Waals surface area (Å²) in [5.74, 6) is 0. The van der Waals surface area contributed by atoms with Crippen LogP contribution in [0, 0.1) is 0 Å². The molecule has 0 aliphatic rings. The maximum atomic E-state index is 3.76. The Morgan fingerprint density at radius 3 is 2.42 bits per heavy atom. The molecule has 1 rings (SSSR count). The van der Waals surface area contributed by atoms with E-state index in [2.05, 4.69) is 62.0 Å². The van der Waals surface area contributed by atoms with Crippen molar-refractivity contribution in [1.29, 1.82) is 0 Å². The third-order valence-electron chi connectivity index (χ3n) is 3.14. The molecule has 1 N–H and O–H groups in total. The van der Waals surface area contributed by atoms with E-state index < -0.39 is 0 Å². The first-order chi connectivity index (χ1) is 9.11. The number of allylic oxidation sites excluding steroid dienone is 1. The molecule has 1 aromatic rings. The van der Waals surface area contributed by atoms with Gasteiger partial charge in [0.25, 0.3) is 0 Å². The van der Waals surface area contributed by atoms with Crippen LogP contribution in [-0.4, -0.2) is 24.5 Å². The third kappa shape index (κ3) is 7.14. The first-order valence-electron chi connectivity index (χ1n) is 7.22. The Labute approximate surface area is 118 Å². The smallest absolute Gasteiger partial charge is 0.0230 e. The topological polar surface area (TPSA) is 15.3 Å². The van der Waals surface area contributed by atoms with E-state index >= 15 is 0 Å². The number of nitrogens with one attached hydrogen (secondary N) is 1. The van der Waals surface area contributed by atoms with Crippen LogP contribution in [0.4, 0.5) is 0 Å². The van der Waals surface area contributed by atoms with Crippen LogP contribution in [0.3, 0.4) is 0 Å². The molecule has 106 valence electrons. The van der Waals surface area contributed by atoms with Gasteiger partial charge in [-0.3, -0.25) is 0 Å². The molecule has 0 aromatic heterocycles. The molecule has 0 aliphatic heterocycles. The number of rotatable bonds is 9. The number of nitrogens with zero attached hydrogens (tertiary/aromatic N) is 1. The van der Waals surface area contributed by atoms with Crippen molar-refractivity contribution in [2.75, 3.05) is 13.6 Å². The highest BCUT2D eigenvalue weighted by Gasteiger charge is 2.00. The predicted octanol–water partition coefficient (Wildman–Crippen LogP) is 3.58. The molecule has 1 aromatic carbocycles. The Hall–Kier alpha value is -1.12. The van der Waals surface area contributed by atoms with Gasteiger partial charge in [0.05, 0.1) is 0 Å². The second-order valence-electron chi connectivity index (χ2n) is 5.52. The summed E-state index contributed by atoms with van der Waals surface area (Å²) < 4.78 is 0. The van der Waals surface area contributed by atoms with Gasteiger partial charge in [-0.25, -0.2) is 0 Å². The minimum absolute atomic E-state index is 0.538. The highest BCUT2D eigenvalue weighted by Crippen LogP contribution is 2.07. The Morgan fingerprint density at radius 2 is 1.84 bits per heavy atom. The van der Waals surface area contributed by atoms with Crippen molar-refractivity contribution in [1.82, 2.24) is 10.2 Å². The number of hydrogen-bond donors (Lipinski definition) is 1. The van der Waals surface area contributed by atoms with E-state index in [1.807, 2.05) is 6.08 Å². The Kier molecular flexibility index (Phi) is 7.46. The average molecular weight is 260 g/mol. The van der Waals surface area contributed by atoms with Crippen LogP contribution in [0.25, 0.3) is 0 Å². The van der Waals surface area contributed by atoms with Crippen LogP contribution in [0.2, 0.25) is 0 Å². The third-order valence-corrected chi connectivity index (χ3v) is 3.14. The van der Waals surface area contributed by atoms with Crippen LogP contribution < -0.4 is 5.32 Å². The van der Waals surface area contributed by atoms with Crippen LogP contribution in [0.5, 0.6) is 0 Å². The molecule has 0 radical (unpaired) electrons. The summed E-state index contributed by atoms with van der Waals surface area (Å²) >= 11 is 0. The fraction of sp³-hybridized carbons (Fsp3) is 0.529. The highest BCUT2D eigenvalue weighted by atomic mass is 15.1. The number of benzene rings is 1. The van der Waals surface area contributed by atoms with Crippen LogP contribution in [0.15, 0.2) is 36.9 Å². The molecule has 0 fully saturated rings. The zero-order chi connectivity index (χ0) is 14.1. The van der Waals surface area contributed by atoms with Crippen molar-refractivity contribution >= 4 is 0 Å². The standard InChI is InChI=1S/C17H28N2/c1-5-6-7-12-19(4)14-17-10-8-16(9-11-17)13-18-15(2)3/h5,8-11,15,18H,1,6-7,12-14H2,2-4H3. The van der Waals surface area contributed by atoms with Gasteiger partial charge in [0.15, 0.2) is 0 Å². The van der Waals surface area contributed by atoms with Gasteiger partial charge in [-0.15, -0.1) is 6.58 Å². The van der Waals surface area contributed by atoms with Crippen LogP contribution in [-0.2, 0) is 13.1 Å². The molecule has 2 nitrogen and oxygen atoms in total. The zero-order valence-corrected chi connectivity index (χ0v) is 12.7. The summed E-state index contributed by atoms with van der Waals surface area (Å²) in [6, 6.07) is 9.46. The molecule has 0 aliphatic carbocycles. The molecule has 0 bridgehead atoms. The lowest BCUT2D eigenvalue weighted by Crippen LogP contribution is -2.22. The molecule has 0 saturated carbocycles. The van der Waals surface area contributed by atoms with E-state index in [1.165, 1.54) is 17.5 Å². The Morgan fingerprint density at radius 1 is 1.21 bits per heavy atom. The molecule has 0 unspecified atom stereocenters. The average Bonchev–Trinajstić information content (AvgIpc) is 2.38. The van der Waals surface area contributed by atoms with Gasteiger partial charge in [-0.2, -0.15) is 0 Å². The van der Waals surface area contributed by atoms with Gasteiger partial charge < -0.3 is 10.2 Å². The van der Waals surface area contributed by atoms with Crippen LogP contribution >= 0.6 is 0 Å². The van der Waals surface area contributed by atoms with Crippen molar-refractivity contribution in [2.45, 2.75) is 45.8 Å². The largest absolute Gasteiger partial charge is 0.310 e. The second-order valence-corrected chi connectivity index (χ2v) is 5.52. The van der Waals surface area contributed by atoms with Gasteiger partial charge in [-0.1, -0.05) is 44.2 Å². The van der Waals surface area contributed by atoms with Crippen molar-refractivity contribution in [2.24, 2.45) is 0 Å². The molecule has 2 heteroatoms. The molecule has 0 heterocycles. The Balaban J connectivity index is 2.36. The van der Waals surface area contributed by atoms with E-state index in [0.29, 0.717) is 6.04 Å². The fourth-order valence-corrected chi connectivity index (χ4v) is 1.98. The van der Waals surface area contributed by atoms with Gasteiger partial charge in [0.1, 0.15) is 0 Å². The second kappa shape index (κ2) is 8.89. The summed E-state index contributed by atoms with van der Waals surface area (Å²) in [5, 5.41) is 3.44. The van der Waals surface area contributed by atoms with Crippen molar-refractivity contribution in [3.05, 3.63) is 48.0 Å². The van der Waals surface area contributed by atoms with Crippen molar-refractivity contribution < 1.29 is 0 Å². The molecule has 0 spiro atoms. The number of unbranched alkanes of at least 4 members (excludes halogenated alkanes) is 1. The van der Waals surface area contributed by atoms with Gasteiger partial charge in [-0.05, 0) is 37.6 Å². The molecule has 19 heavy (non-hydrogen) atoms. The minimum atomic E-state index is 0.538. The lowest BCUT2D eigenvalue weighted by molar-refractivity contribution is 0.323. The summed E-state index contributed by atoms with van der Waals surface area (Å²) in [6.07, 6.45) is 4.28. The molecule has 0 saturated heterocycles. The molecular weight excluding hydrogens is 232 g/mol. The monoisotopic (exact) mass is 260 g/mol. The summed E-state index contributed by atoms with van der Waals surface area (Å²) in [5.41, 5.74) is 2.74. The van der Waals surface area contributed by atoms with Crippen molar-refractivity contribution in [3.63, 3.8) is 0 Å². The molecular formula is C17H28N2. The molecule has 0 atom stereocenters. The maximum absolute atomic E-state index is 3.76. The summed E-state index contributed by atoms with van der Waals surface area (Å²) in [6.45, 7) is 11.2. The lowest BCUT2D eigenvalue weighted by atomic mass is 10.1. The fourth-order valence-electron chi connectivity index (χ4n) is 1.98. The van der Waals surface area contributed by atoms with E-state index in [9.17, 15) is 0 Å². The van der Waals surface area contributed by atoms with E-state index in [-0.39, 0.29) is 0 Å². The highest BCUT2D eigenvalue weighted by molar-refractivity contribution is 5.22. The SMILES string of the molecule is C=CCCCN(C)Cc1ccc(CNC(C)C)cc1. The first-order valence-corrected chi connectivity index (χ1v) is 7.22. The van der Waals surface area contributed by atoms with E-state index in [4.69, 9.17) is 0 Å². The van der Waals surface area contributed by atoms with Gasteiger partial charge >= 0.3 is 0 Å². The van der Waals surface area contributed by atoms with E-state index in [0.717, 1.165) is 26.1 Å². The van der Waals surface area contributed by atoms with Gasteiger partial charge in [0, 0.05) is 19.1 Å². The predicted molar refractivity (Wildman–Crippen MR) is 84.2 cm³/mol.